The van der Waals surface area contributed by atoms with Crippen LogP contribution in [0, 0.1) is 6.92 Å². The van der Waals surface area contributed by atoms with E-state index in [9.17, 15) is 0 Å². The maximum absolute atomic E-state index is 6.11. The van der Waals surface area contributed by atoms with E-state index in [0.29, 0.717) is 5.88 Å². The standard InChI is InChI=1S/C15H19ClN2O/c1-10-4-5-12-13(8-10)18(14(9-16)17-12)15(3)6-7-19-11(15)2/h4-5,8,11H,6-7,9H2,1-3H3. The van der Waals surface area contributed by atoms with Gasteiger partial charge in [-0.2, -0.15) is 0 Å². The molecule has 1 saturated heterocycles. The number of ether oxygens (including phenoxy) is 1. The van der Waals surface area contributed by atoms with Gasteiger partial charge in [0.25, 0.3) is 0 Å². The second-order valence-corrected chi connectivity index (χ2v) is 5.88. The molecule has 0 amide bonds. The molecule has 2 atom stereocenters. The van der Waals surface area contributed by atoms with Crippen LogP contribution in [-0.4, -0.2) is 22.3 Å². The first-order chi connectivity index (χ1) is 9.06. The van der Waals surface area contributed by atoms with Crippen molar-refractivity contribution in [2.24, 2.45) is 0 Å². The average Bonchev–Trinajstić information content (AvgIpc) is 2.91. The minimum Gasteiger partial charge on any atom is -0.376 e. The fourth-order valence-corrected chi connectivity index (χ4v) is 3.19. The van der Waals surface area contributed by atoms with Gasteiger partial charge in [0, 0.05) is 6.61 Å². The van der Waals surface area contributed by atoms with Crippen molar-refractivity contribution in [2.75, 3.05) is 6.61 Å². The fraction of sp³-hybridized carbons (Fsp3) is 0.533. The molecule has 0 spiro atoms. The van der Waals surface area contributed by atoms with E-state index in [4.69, 9.17) is 16.3 Å². The molecule has 2 heterocycles. The smallest absolute Gasteiger partial charge is 0.125 e. The van der Waals surface area contributed by atoms with Crippen molar-refractivity contribution >= 4 is 22.6 Å². The monoisotopic (exact) mass is 278 g/mol. The van der Waals surface area contributed by atoms with Gasteiger partial charge in [0.1, 0.15) is 5.82 Å². The second kappa shape index (κ2) is 4.50. The molecular weight excluding hydrogens is 260 g/mol. The molecule has 2 unspecified atom stereocenters. The van der Waals surface area contributed by atoms with E-state index < -0.39 is 0 Å². The lowest BCUT2D eigenvalue weighted by molar-refractivity contribution is 0.0766. The van der Waals surface area contributed by atoms with E-state index in [2.05, 4.69) is 48.5 Å². The van der Waals surface area contributed by atoms with Crippen LogP contribution in [-0.2, 0) is 16.2 Å². The molecule has 0 aliphatic carbocycles. The SMILES string of the molecule is Cc1ccc2nc(CCl)n(C3(C)CCOC3C)c2c1. The van der Waals surface area contributed by atoms with Gasteiger partial charge in [0.2, 0.25) is 0 Å². The Morgan fingerprint density at radius 1 is 1.53 bits per heavy atom. The van der Waals surface area contributed by atoms with Gasteiger partial charge in [-0.05, 0) is 44.9 Å². The normalized spacial score (nSPS) is 27.3. The first-order valence-corrected chi connectivity index (χ1v) is 7.26. The van der Waals surface area contributed by atoms with Gasteiger partial charge in [0.15, 0.2) is 0 Å². The lowest BCUT2D eigenvalue weighted by atomic mass is 9.93. The van der Waals surface area contributed by atoms with Crippen molar-refractivity contribution in [1.82, 2.24) is 9.55 Å². The summed E-state index contributed by atoms with van der Waals surface area (Å²) < 4.78 is 8.07. The van der Waals surface area contributed by atoms with Crippen LogP contribution < -0.4 is 0 Å². The lowest BCUT2D eigenvalue weighted by Crippen LogP contribution is -2.37. The molecule has 4 heteroatoms. The van der Waals surface area contributed by atoms with Gasteiger partial charge < -0.3 is 9.30 Å². The van der Waals surface area contributed by atoms with Crippen LogP contribution in [0.2, 0.25) is 0 Å². The quantitative estimate of drug-likeness (QED) is 0.785. The zero-order valence-corrected chi connectivity index (χ0v) is 12.4. The summed E-state index contributed by atoms with van der Waals surface area (Å²) in [5.41, 5.74) is 3.36. The molecule has 19 heavy (non-hydrogen) atoms. The maximum atomic E-state index is 6.11. The third-order valence-electron chi connectivity index (χ3n) is 4.36. The van der Waals surface area contributed by atoms with E-state index in [1.54, 1.807) is 0 Å². The summed E-state index contributed by atoms with van der Waals surface area (Å²) in [4.78, 5) is 4.67. The molecular formula is C15H19ClN2O. The first kappa shape index (κ1) is 12.9. The Balaban J connectivity index is 2.29. The number of fused-ring (bicyclic) bond motifs is 1. The zero-order chi connectivity index (χ0) is 13.6. The van der Waals surface area contributed by atoms with Gasteiger partial charge in [-0.3, -0.25) is 0 Å². The summed E-state index contributed by atoms with van der Waals surface area (Å²) in [5, 5.41) is 0. The molecule has 0 saturated carbocycles. The van der Waals surface area contributed by atoms with E-state index in [1.165, 1.54) is 5.56 Å². The highest BCUT2D eigenvalue weighted by molar-refractivity contribution is 6.16. The number of aromatic nitrogens is 2. The number of benzene rings is 1. The summed E-state index contributed by atoms with van der Waals surface area (Å²) in [5.74, 6) is 1.36. The third kappa shape index (κ3) is 1.87. The second-order valence-electron chi connectivity index (χ2n) is 5.61. The minimum atomic E-state index is -0.0627. The van der Waals surface area contributed by atoms with Crippen LogP contribution >= 0.6 is 11.6 Å². The van der Waals surface area contributed by atoms with E-state index in [-0.39, 0.29) is 11.6 Å². The Morgan fingerprint density at radius 2 is 2.32 bits per heavy atom. The Hall–Kier alpha value is -1.06. The molecule has 1 aromatic carbocycles. The lowest BCUT2D eigenvalue weighted by Gasteiger charge is -2.31. The number of hydrogen-bond donors (Lipinski definition) is 0. The number of aryl methyl sites for hydroxylation is 1. The van der Waals surface area contributed by atoms with Crippen LogP contribution in [0.4, 0.5) is 0 Å². The van der Waals surface area contributed by atoms with Gasteiger partial charge >= 0.3 is 0 Å². The Kier molecular flexibility index (Phi) is 3.06. The highest BCUT2D eigenvalue weighted by Crippen LogP contribution is 2.37. The van der Waals surface area contributed by atoms with Crippen LogP contribution in [0.5, 0.6) is 0 Å². The first-order valence-electron chi connectivity index (χ1n) is 6.72. The van der Waals surface area contributed by atoms with Gasteiger partial charge in [-0.15, -0.1) is 11.6 Å². The Bertz CT molecular complexity index is 622. The van der Waals surface area contributed by atoms with Gasteiger partial charge in [-0.25, -0.2) is 4.98 Å². The molecule has 1 fully saturated rings. The number of hydrogen-bond acceptors (Lipinski definition) is 2. The Morgan fingerprint density at radius 3 is 2.95 bits per heavy atom. The number of halogens is 1. The van der Waals surface area contributed by atoms with E-state index in [1.807, 2.05) is 0 Å². The van der Waals surface area contributed by atoms with Crippen molar-refractivity contribution < 1.29 is 4.74 Å². The van der Waals surface area contributed by atoms with Crippen LogP contribution in [0.1, 0.15) is 31.7 Å². The average molecular weight is 279 g/mol. The number of alkyl halides is 1. The predicted octanol–water partition coefficient (Wildman–Crippen LogP) is 3.61. The predicted molar refractivity (Wildman–Crippen MR) is 77.7 cm³/mol. The summed E-state index contributed by atoms with van der Waals surface area (Å²) in [6.07, 6.45) is 1.17. The minimum absolute atomic E-state index is 0.0627. The largest absolute Gasteiger partial charge is 0.376 e. The zero-order valence-electron chi connectivity index (χ0n) is 11.6. The van der Waals surface area contributed by atoms with Crippen molar-refractivity contribution in [3.63, 3.8) is 0 Å². The molecule has 102 valence electrons. The molecule has 2 aromatic rings. The number of imidazole rings is 1. The molecule has 3 nitrogen and oxygen atoms in total. The summed E-state index contributed by atoms with van der Waals surface area (Å²) in [6, 6.07) is 6.35. The van der Waals surface area contributed by atoms with Crippen molar-refractivity contribution in [3.05, 3.63) is 29.6 Å². The Labute approximate surface area is 118 Å². The van der Waals surface area contributed by atoms with Gasteiger partial charge in [-0.1, -0.05) is 6.07 Å². The number of rotatable bonds is 2. The van der Waals surface area contributed by atoms with E-state index in [0.717, 1.165) is 29.9 Å². The summed E-state index contributed by atoms with van der Waals surface area (Å²) in [6.45, 7) is 7.27. The maximum Gasteiger partial charge on any atom is 0.125 e. The molecule has 3 rings (SSSR count). The van der Waals surface area contributed by atoms with Crippen molar-refractivity contribution in [2.45, 2.75) is 44.7 Å². The van der Waals surface area contributed by atoms with E-state index >= 15 is 0 Å². The van der Waals surface area contributed by atoms with Gasteiger partial charge in [0.05, 0.1) is 28.6 Å². The topological polar surface area (TPSA) is 27.1 Å². The highest BCUT2D eigenvalue weighted by Gasteiger charge is 2.40. The number of nitrogens with zero attached hydrogens (tertiary/aromatic N) is 2. The molecule has 0 bridgehead atoms. The molecule has 1 aliphatic rings. The molecule has 0 radical (unpaired) electrons. The molecule has 1 aliphatic heterocycles. The molecule has 0 N–H and O–H groups in total. The highest BCUT2D eigenvalue weighted by atomic mass is 35.5. The van der Waals surface area contributed by atoms with Crippen LogP contribution in [0.3, 0.4) is 0 Å². The van der Waals surface area contributed by atoms with Crippen molar-refractivity contribution in [1.29, 1.82) is 0 Å². The fourth-order valence-electron chi connectivity index (χ4n) is 3.01. The van der Waals surface area contributed by atoms with Crippen LogP contribution in [0.15, 0.2) is 18.2 Å². The summed E-state index contributed by atoms with van der Waals surface area (Å²) >= 11 is 6.11. The molecule has 1 aromatic heterocycles. The van der Waals surface area contributed by atoms with Crippen LogP contribution in [0.25, 0.3) is 11.0 Å². The summed E-state index contributed by atoms with van der Waals surface area (Å²) in [7, 11) is 0. The van der Waals surface area contributed by atoms with Crippen molar-refractivity contribution in [3.8, 4) is 0 Å². The third-order valence-corrected chi connectivity index (χ3v) is 4.60.